The highest BCUT2D eigenvalue weighted by Crippen LogP contribution is 2.31. The minimum Gasteiger partial charge on any atom is -0.399 e. The molecule has 0 unspecified atom stereocenters. The molecular weight excluding hydrogens is 252 g/mol. The molecule has 0 heterocycles. The second-order valence-electron chi connectivity index (χ2n) is 4.64. The minimum absolute atomic E-state index is 0.236. The van der Waals surface area contributed by atoms with Crippen LogP contribution >= 0.6 is 23.4 Å². The van der Waals surface area contributed by atoms with Crippen LogP contribution in [0.25, 0.3) is 0 Å². The van der Waals surface area contributed by atoms with Crippen LogP contribution in [0, 0.1) is 16.7 Å². The fraction of sp³-hybridized carbons (Fsp3) is 0.462. The van der Waals surface area contributed by atoms with Crippen molar-refractivity contribution >= 4 is 29.1 Å². The molecule has 0 aliphatic carbocycles. The molecule has 0 fully saturated rings. The van der Waals surface area contributed by atoms with E-state index in [-0.39, 0.29) is 5.41 Å². The molecule has 0 atom stereocenters. The molecule has 0 spiro atoms. The quantitative estimate of drug-likeness (QED) is 0.491. The van der Waals surface area contributed by atoms with Crippen molar-refractivity contribution in [2.24, 2.45) is 5.41 Å². The van der Waals surface area contributed by atoms with Crippen LogP contribution in [0.15, 0.2) is 23.1 Å². The average molecular weight is 269 g/mol. The van der Waals surface area contributed by atoms with Crippen LogP contribution in [-0.2, 0) is 0 Å². The summed E-state index contributed by atoms with van der Waals surface area (Å²) in [5, 5.41) is 9.64. The number of hydrogen-bond donors (Lipinski definition) is 1. The molecule has 4 heteroatoms. The van der Waals surface area contributed by atoms with Crippen molar-refractivity contribution < 1.29 is 0 Å². The van der Waals surface area contributed by atoms with Crippen molar-refractivity contribution in [3.8, 4) is 6.07 Å². The first-order valence-electron chi connectivity index (χ1n) is 5.54. The molecule has 2 nitrogen and oxygen atoms in total. The highest BCUT2D eigenvalue weighted by molar-refractivity contribution is 7.99. The van der Waals surface area contributed by atoms with Gasteiger partial charge in [-0.05, 0) is 50.6 Å². The first-order valence-corrected chi connectivity index (χ1v) is 6.90. The van der Waals surface area contributed by atoms with Gasteiger partial charge in [0.1, 0.15) is 0 Å². The molecule has 0 aliphatic rings. The number of rotatable bonds is 5. The number of nitrogen functional groups attached to an aromatic ring is 1. The van der Waals surface area contributed by atoms with E-state index in [2.05, 4.69) is 6.07 Å². The number of halogens is 1. The van der Waals surface area contributed by atoms with Gasteiger partial charge in [-0.15, -0.1) is 11.8 Å². The van der Waals surface area contributed by atoms with Gasteiger partial charge in [0, 0.05) is 10.6 Å². The summed E-state index contributed by atoms with van der Waals surface area (Å²) in [4.78, 5) is 1.02. The van der Waals surface area contributed by atoms with E-state index in [0.717, 1.165) is 34.2 Å². The molecule has 0 aromatic heterocycles. The van der Waals surface area contributed by atoms with E-state index < -0.39 is 0 Å². The number of nitrogens with two attached hydrogens (primary N) is 1. The van der Waals surface area contributed by atoms with Gasteiger partial charge in [0.25, 0.3) is 0 Å². The van der Waals surface area contributed by atoms with Crippen LogP contribution in [0.2, 0.25) is 5.02 Å². The Bertz CT molecular complexity index is 424. The highest BCUT2D eigenvalue weighted by Gasteiger charge is 2.15. The molecule has 0 radical (unpaired) electrons. The summed E-state index contributed by atoms with van der Waals surface area (Å²) in [7, 11) is 0. The Morgan fingerprint density at radius 3 is 2.82 bits per heavy atom. The molecule has 1 aromatic rings. The van der Waals surface area contributed by atoms with Crippen LogP contribution in [0.3, 0.4) is 0 Å². The Balaban J connectivity index is 2.42. The zero-order valence-corrected chi connectivity index (χ0v) is 11.7. The fourth-order valence-corrected chi connectivity index (χ4v) is 2.60. The van der Waals surface area contributed by atoms with Gasteiger partial charge in [0.15, 0.2) is 0 Å². The van der Waals surface area contributed by atoms with Gasteiger partial charge in [-0.1, -0.05) is 11.6 Å². The van der Waals surface area contributed by atoms with E-state index in [0.29, 0.717) is 0 Å². The van der Waals surface area contributed by atoms with Gasteiger partial charge in [0.2, 0.25) is 0 Å². The lowest BCUT2D eigenvalue weighted by Gasteiger charge is -2.14. The zero-order chi connectivity index (χ0) is 12.9. The summed E-state index contributed by atoms with van der Waals surface area (Å²) in [6, 6.07) is 7.81. The van der Waals surface area contributed by atoms with E-state index in [1.165, 1.54) is 0 Å². The molecule has 1 aromatic carbocycles. The van der Waals surface area contributed by atoms with Crippen molar-refractivity contribution in [3.05, 3.63) is 23.2 Å². The Labute approximate surface area is 112 Å². The minimum atomic E-state index is -0.236. The SMILES string of the molecule is CC(C)(C#N)CCCSc1cc(N)ccc1Cl. The third-order valence-electron chi connectivity index (χ3n) is 2.46. The second-order valence-corrected chi connectivity index (χ2v) is 6.18. The lowest BCUT2D eigenvalue weighted by atomic mass is 9.90. The molecule has 0 amide bonds. The van der Waals surface area contributed by atoms with Crippen LogP contribution in [-0.4, -0.2) is 5.75 Å². The lowest BCUT2D eigenvalue weighted by molar-refractivity contribution is 0.448. The van der Waals surface area contributed by atoms with Crippen molar-refractivity contribution in [3.63, 3.8) is 0 Å². The Kier molecular flexibility index (Phi) is 5.17. The topological polar surface area (TPSA) is 49.8 Å². The second kappa shape index (κ2) is 6.18. The first-order chi connectivity index (χ1) is 7.94. The fourth-order valence-electron chi connectivity index (χ4n) is 1.38. The van der Waals surface area contributed by atoms with E-state index in [1.54, 1.807) is 17.8 Å². The maximum Gasteiger partial charge on any atom is 0.0683 e. The maximum atomic E-state index is 8.90. The number of benzene rings is 1. The van der Waals surface area contributed by atoms with E-state index >= 15 is 0 Å². The largest absolute Gasteiger partial charge is 0.399 e. The predicted molar refractivity (Wildman–Crippen MR) is 75.2 cm³/mol. The van der Waals surface area contributed by atoms with Gasteiger partial charge in [-0.3, -0.25) is 0 Å². The van der Waals surface area contributed by atoms with Crippen molar-refractivity contribution in [1.29, 1.82) is 5.26 Å². The number of nitrogens with zero attached hydrogens (tertiary/aromatic N) is 1. The molecule has 0 saturated heterocycles. The van der Waals surface area contributed by atoms with Gasteiger partial charge >= 0.3 is 0 Å². The molecule has 2 N–H and O–H groups in total. The standard InChI is InChI=1S/C13H17ClN2S/c1-13(2,9-15)6-3-7-17-12-8-10(16)4-5-11(12)14/h4-5,8H,3,6-7,16H2,1-2H3. The third-order valence-corrected chi connectivity index (χ3v) is 4.04. The van der Waals surface area contributed by atoms with E-state index in [1.807, 2.05) is 26.0 Å². The molecule has 0 aliphatic heterocycles. The van der Waals surface area contributed by atoms with Crippen LogP contribution in [0.5, 0.6) is 0 Å². The summed E-state index contributed by atoms with van der Waals surface area (Å²) in [6.45, 7) is 3.93. The van der Waals surface area contributed by atoms with Gasteiger partial charge in [-0.2, -0.15) is 5.26 Å². The summed E-state index contributed by atoms with van der Waals surface area (Å²) in [5.41, 5.74) is 6.20. The Morgan fingerprint density at radius 1 is 1.47 bits per heavy atom. The Morgan fingerprint density at radius 2 is 2.18 bits per heavy atom. The molecule has 0 bridgehead atoms. The van der Waals surface area contributed by atoms with Crippen LogP contribution in [0.1, 0.15) is 26.7 Å². The van der Waals surface area contributed by atoms with Crippen LogP contribution < -0.4 is 5.73 Å². The number of anilines is 1. The molecule has 17 heavy (non-hydrogen) atoms. The van der Waals surface area contributed by atoms with Crippen molar-refractivity contribution in [1.82, 2.24) is 0 Å². The molecule has 1 rings (SSSR count). The summed E-state index contributed by atoms with van der Waals surface area (Å²) >= 11 is 7.75. The normalized spacial score (nSPS) is 11.2. The average Bonchev–Trinajstić information content (AvgIpc) is 2.29. The molecular formula is C13H17ClN2S. The maximum absolute atomic E-state index is 8.90. The number of hydrogen-bond acceptors (Lipinski definition) is 3. The molecule has 0 saturated carbocycles. The number of nitriles is 1. The van der Waals surface area contributed by atoms with Gasteiger partial charge < -0.3 is 5.73 Å². The Hall–Kier alpha value is -0.850. The molecule has 92 valence electrons. The van der Waals surface area contributed by atoms with Gasteiger partial charge in [0.05, 0.1) is 16.5 Å². The first kappa shape index (κ1) is 14.2. The van der Waals surface area contributed by atoms with E-state index in [9.17, 15) is 0 Å². The lowest BCUT2D eigenvalue weighted by Crippen LogP contribution is -2.07. The predicted octanol–water partition coefficient (Wildman–Crippen LogP) is 4.34. The highest BCUT2D eigenvalue weighted by atomic mass is 35.5. The van der Waals surface area contributed by atoms with Gasteiger partial charge in [-0.25, -0.2) is 0 Å². The van der Waals surface area contributed by atoms with Crippen molar-refractivity contribution in [2.45, 2.75) is 31.6 Å². The summed E-state index contributed by atoms with van der Waals surface area (Å²) in [6.07, 6.45) is 1.90. The van der Waals surface area contributed by atoms with E-state index in [4.69, 9.17) is 22.6 Å². The van der Waals surface area contributed by atoms with Crippen molar-refractivity contribution in [2.75, 3.05) is 11.5 Å². The third kappa shape index (κ3) is 4.89. The smallest absolute Gasteiger partial charge is 0.0683 e. The van der Waals surface area contributed by atoms with Crippen LogP contribution in [0.4, 0.5) is 5.69 Å². The summed E-state index contributed by atoms with van der Waals surface area (Å²) in [5.74, 6) is 0.953. The summed E-state index contributed by atoms with van der Waals surface area (Å²) < 4.78 is 0. The monoisotopic (exact) mass is 268 g/mol. The zero-order valence-electron chi connectivity index (χ0n) is 10.2. The number of thioether (sulfide) groups is 1.